The Bertz CT molecular complexity index is 375. The molecule has 13 heavy (non-hydrogen) atoms. The number of aromatic nitrogens is 1. The molecule has 0 amide bonds. The molecule has 0 saturated carbocycles. The molecule has 0 atom stereocenters. The molecule has 0 spiro atoms. The van der Waals surface area contributed by atoms with Gasteiger partial charge < -0.3 is 0 Å². The molecule has 0 saturated heterocycles. The molecular weight excluding hydrogens is 265 g/mol. The molecule has 0 aliphatic rings. The van der Waals surface area contributed by atoms with Crippen molar-refractivity contribution in [1.29, 1.82) is 5.26 Å². The number of hydrogen-bond acceptors (Lipinski definition) is 2. The van der Waals surface area contributed by atoms with Gasteiger partial charge in [-0.2, -0.15) is 5.26 Å². The summed E-state index contributed by atoms with van der Waals surface area (Å²) in [5.74, 6) is 0. The fourth-order valence-corrected chi connectivity index (χ4v) is 1.50. The minimum Gasteiger partial charge on any atom is -0.247 e. The van der Waals surface area contributed by atoms with Gasteiger partial charge in [0.25, 0.3) is 6.43 Å². The van der Waals surface area contributed by atoms with E-state index in [2.05, 4.69) is 20.9 Å². The second kappa shape index (κ2) is 3.99. The predicted octanol–water partition coefficient (Wildman–Crippen LogP) is 3.31. The van der Waals surface area contributed by atoms with Crippen molar-refractivity contribution < 1.29 is 8.78 Å². The molecule has 2 nitrogen and oxygen atoms in total. The van der Waals surface area contributed by atoms with Gasteiger partial charge >= 0.3 is 0 Å². The van der Waals surface area contributed by atoms with Crippen molar-refractivity contribution >= 4 is 27.5 Å². The molecule has 0 fully saturated rings. The lowest BCUT2D eigenvalue weighted by Crippen LogP contribution is -1.93. The molecular formula is C7H2BrClF2N2. The molecule has 1 rings (SSSR count). The van der Waals surface area contributed by atoms with Crippen LogP contribution in [0.4, 0.5) is 8.78 Å². The molecule has 0 bridgehead atoms. The number of rotatable bonds is 1. The first-order valence-corrected chi connectivity index (χ1v) is 4.27. The Labute approximate surface area is 86.3 Å². The second-order valence-electron chi connectivity index (χ2n) is 2.11. The Morgan fingerprint density at radius 3 is 2.69 bits per heavy atom. The van der Waals surface area contributed by atoms with Gasteiger partial charge in [0.2, 0.25) is 0 Å². The molecule has 0 aliphatic carbocycles. The van der Waals surface area contributed by atoms with Crippen molar-refractivity contribution in [2.75, 3.05) is 0 Å². The quantitative estimate of drug-likeness (QED) is 0.732. The summed E-state index contributed by atoms with van der Waals surface area (Å²) in [6.45, 7) is 0. The van der Waals surface area contributed by atoms with Crippen LogP contribution in [0.3, 0.4) is 0 Å². The highest BCUT2D eigenvalue weighted by molar-refractivity contribution is 9.10. The van der Waals surface area contributed by atoms with Gasteiger partial charge in [0.05, 0.1) is 10.6 Å². The molecule has 0 unspecified atom stereocenters. The standard InChI is InChI=1S/C7H2BrClF2N2/c8-6-3(1-12)5(9)4(2-13-6)7(10)11/h2,7H. The molecule has 0 aromatic carbocycles. The first-order chi connectivity index (χ1) is 6.07. The van der Waals surface area contributed by atoms with Crippen LogP contribution in [0.25, 0.3) is 0 Å². The van der Waals surface area contributed by atoms with Crippen LogP contribution in [0, 0.1) is 11.3 Å². The van der Waals surface area contributed by atoms with Gasteiger partial charge in [0.15, 0.2) is 0 Å². The first kappa shape index (κ1) is 10.4. The fourth-order valence-electron chi connectivity index (χ4n) is 0.730. The highest BCUT2D eigenvalue weighted by Gasteiger charge is 2.17. The molecule has 1 aromatic rings. The zero-order chi connectivity index (χ0) is 10.0. The van der Waals surface area contributed by atoms with Crippen molar-refractivity contribution in [3.63, 3.8) is 0 Å². The van der Waals surface area contributed by atoms with Crippen molar-refractivity contribution in [2.45, 2.75) is 6.43 Å². The van der Waals surface area contributed by atoms with E-state index in [-0.39, 0.29) is 15.2 Å². The molecule has 6 heteroatoms. The van der Waals surface area contributed by atoms with Crippen LogP contribution in [-0.2, 0) is 0 Å². The van der Waals surface area contributed by atoms with E-state index in [1.165, 1.54) is 0 Å². The predicted molar refractivity (Wildman–Crippen MR) is 46.6 cm³/mol. The number of hydrogen-bond donors (Lipinski definition) is 0. The topological polar surface area (TPSA) is 36.7 Å². The number of nitrogens with zero attached hydrogens (tertiary/aromatic N) is 2. The maximum atomic E-state index is 12.2. The number of halogens is 4. The van der Waals surface area contributed by atoms with E-state index in [1.54, 1.807) is 6.07 Å². The zero-order valence-electron chi connectivity index (χ0n) is 6.06. The lowest BCUT2D eigenvalue weighted by molar-refractivity contribution is 0.151. The van der Waals surface area contributed by atoms with Gasteiger partial charge in [-0.3, -0.25) is 0 Å². The Balaban J connectivity index is 3.38. The smallest absolute Gasteiger partial charge is 0.247 e. The molecule has 0 aliphatic heterocycles. The van der Waals surface area contributed by atoms with Crippen LogP contribution >= 0.6 is 27.5 Å². The van der Waals surface area contributed by atoms with E-state index in [0.29, 0.717) is 0 Å². The largest absolute Gasteiger partial charge is 0.266 e. The van der Waals surface area contributed by atoms with Crippen LogP contribution in [-0.4, -0.2) is 4.98 Å². The third-order valence-corrected chi connectivity index (χ3v) is 2.35. The van der Waals surface area contributed by atoms with E-state index in [0.717, 1.165) is 6.20 Å². The summed E-state index contributed by atoms with van der Waals surface area (Å²) in [6.07, 6.45) is -1.78. The molecule has 0 N–H and O–H groups in total. The summed E-state index contributed by atoms with van der Waals surface area (Å²) in [4.78, 5) is 3.56. The van der Waals surface area contributed by atoms with Crippen LogP contribution in [0.1, 0.15) is 17.6 Å². The average Bonchev–Trinajstić information content (AvgIpc) is 2.04. The van der Waals surface area contributed by atoms with Crippen LogP contribution in [0.5, 0.6) is 0 Å². The van der Waals surface area contributed by atoms with Crippen LogP contribution < -0.4 is 0 Å². The van der Waals surface area contributed by atoms with Gasteiger partial charge in [-0.15, -0.1) is 0 Å². The SMILES string of the molecule is N#Cc1c(Br)ncc(C(F)F)c1Cl. The minimum atomic E-state index is -2.72. The monoisotopic (exact) mass is 266 g/mol. The van der Waals surface area contributed by atoms with Crippen molar-refractivity contribution in [1.82, 2.24) is 4.98 Å². The van der Waals surface area contributed by atoms with Gasteiger partial charge in [-0.05, 0) is 15.9 Å². The normalized spacial score (nSPS) is 10.2. The Kier molecular flexibility index (Phi) is 3.17. The van der Waals surface area contributed by atoms with E-state index in [9.17, 15) is 8.78 Å². The van der Waals surface area contributed by atoms with Gasteiger partial charge in [0.1, 0.15) is 16.2 Å². The van der Waals surface area contributed by atoms with E-state index < -0.39 is 12.0 Å². The lowest BCUT2D eigenvalue weighted by atomic mass is 10.2. The fraction of sp³-hybridized carbons (Fsp3) is 0.143. The minimum absolute atomic E-state index is 0.0699. The third-order valence-electron chi connectivity index (χ3n) is 1.34. The summed E-state index contributed by atoms with van der Waals surface area (Å²) >= 11 is 8.46. The second-order valence-corrected chi connectivity index (χ2v) is 3.23. The van der Waals surface area contributed by atoms with E-state index >= 15 is 0 Å². The number of pyridine rings is 1. The highest BCUT2D eigenvalue weighted by atomic mass is 79.9. The number of nitriles is 1. The van der Waals surface area contributed by atoms with Crippen molar-refractivity contribution in [3.8, 4) is 6.07 Å². The Hall–Kier alpha value is -0.730. The molecule has 68 valence electrons. The van der Waals surface area contributed by atoms with Gasteiger partial charge in [-0.25, -0.2) is 13.8 Å². The number of alkyl halides is 2. The maximum absolute atomic E-state index is 12.2. The third kappa shape index (κ3) is 1.95. The summed E-state index contributed by atoms with van der Waals surface area (Å²) in [5, 5.41) is 8.31. The summed E-state index contributed by atoms with van der Waals surface area (Å²) < 4.78 is 24.6. The zero-order valence-corrected chi connectivity index (χ0v) is 8.40. The van der Waals surface area contributed by atoms with E-state index in [4.69, 9.17) is 16.9 Å². The Morgan fingerprint density at radius 1 is 1.62 bits per heavy atom. The van der Waals surface area contributed by atoms with Crippen molar-refractivity contribution in [2.24, 2.45) is 0 Å². The summed E-state index contributed by atoms with van der Waals surface area (Å²) in [6, 6.07) is 1.68. The lowest BCUT2D eigenvalue weighted by Gasteiger charge is -2.04. The maximum Gasteiger partial charge on any atom is 0.266 e. The highest BCUT2D eigenvalue weighted by Crippen LogP contribution is 2.31. The van der Waals surface area contributed by atoms with Gasteiger partial charge in [0, 0.05) is 6.20 Å². The van der Waals surface area contributed by atoms with Crippen molar-refractivity contribution in [3.05, 3.63) is 26.9 Å². The van der Waals surface area contributed by atoms with Gasteiger partial charge in [-0.1, -0.05) is 11.6 Å². The Morgan fingerprint density at radius 2 is 2.23 bits per heavy atom. The summed E-state index contributed by atoms with van der Waals surface area (Å²) in [7, 11) is 0. The average molecular weight is 267 g/mol. The summed E-state index contributed by atoms with van der Waals surface area (Å²) in [5.41, 5.74) is -0.499. The molecule has 1 heterocycles. The van der Waals surface area contributed by atoms with E-state index in [1.807, 2.05) is 0 Å². The molecule has 1 aromatic heterocycles. The van der Waals surface area contributed by atoms with Crippen LogP contribution in [0.2, 0.25) is 5.02 Å². The first-order valence-electron chi connectivity index (χ1n) is 3.10. The molecule has 0 radical (unpaired) electrons. The van der Waals surface area contributed by atoms with Crippen LogP contribution in [0.15, 0.2) is 10.8 Å².